The minimum Gasteiger partial charge on any atom is -0.508 e. The van der Waals surface area contributed by atoms with Crippen molar-refractivity contribution >= 4 is 33.4 Å². The van der Waals surface area contributed by atoms with E-state index in [1.807, 2.05) is 35.2 Å². The second-order valence-electron chi connectivity index (χ2n) is 12.1. The number of piperazine rings is 1. The molecule has 3 atom stereocenters. The van der Waals surface area contributed by atoms with E-state index < -0.39 is 5.82 Å². The Balaban J connectivity index is 1.31. The smallest absolute Gasteiger partial charge is 0.319 e. The van der Waals surface area contributed by atoms with Crippen LogP contribution in [0.25, 0.3) is 32.8 Å². The van der Waals surface area contributed by atoms with Gasteiger partial charge in [-0.15, -0.1) is 0 Å². The van der Waals surface area contributed by atoms with Gasteiger partial charge in [0.2, 0.25) is 5.91 Å². The molecular formula is C33H37FN6O3. The molecule has 0 radical (unpaired) electrons. The zero-order chi connectivity index (χ0) is 29.7. The third-order valence-corrected chi connectivity index (χ3v) is 9.38. The van der Waals surface area contributed by atoms with Gasteiger partial charge in [-0.05, 0) is 80.9 Å². The van der Waals surface area contributed by atoms with E-state index in [9.17, 15) is 9.90 Å². The molecule has 1 aromatic heterocycles. The van der Waals surface area contributed by atoms with Gasteiger partial charge < -0.3 is 29.9 Å². The number of likely N-dealkylation sites (tertiary alicyclic amines) is 1. The summed E-state index contributed by atoms with van der Waals surface area (Å²) in [7, 11) is 3.88. The van der Waals surface area contributed by atoms with Crippen LogP contribution in [0, 0.1) is 5.82 Å². The molecule has 3 aliphatic heterocycles. The molecule has 9 nitrogen and oxygen atoms in total. The number of phenolic OH excluding ortho intramolecular Hbond substituents is 1. The molecule has 224 valence electrons. The van der Waals surface area contributed by atoms with Crippen molar-refractivity contribution in [2.45, 2.75) is 43.8 Å². The van der Waals surface area contributed by atoms with Crippen molar-refractivity contribution in [1.82, 2.24) is 25.1 Å². The van der Waals surface area contributed by atoms with Gasteiger partial charge in [-0.2, -0.15) is 9.97 Å². The average Bonchev–Trinajstić information content (AvgIpc) is 3.54. The number of carbonyl (C=O) groups is 1. The van der Waals surface area contributed by atoms with Gasteiger partial charge in [0.05, 0.1) is 6.54 Å². The number of fused-ring (bicyclic) bond motifs is 4. The Morgan fingerprint density at radius 2 is 1.84 bits per heavy atom. The van der Waals surface area contributed by atoms with Crippen molar-refractivity contribution in [3.63, 3.8) is 0 Å². The Morgan fingerprint density at radius 3 is 2.58 bits per heavy atom. The highest BCUT2D eigenvalue weighted by Crippen LogP contribution is 2.40. The number of amides is 1. The lowest BCUT2D eigenvalue weighted by atomic mass is 9.96. The summed E-state index contributed by atoms with van der Waals surface area (Å²) in [6.45, 7) is 2.99. The van der Waals surface area contributed by atoms with Gasteiger partial charge in [-0.1, -0.05) is 30.3 Å². The maximum atomic E-state index is 16.6. The van der Waals surface area contributed by atoms with Crippen LogP contribution in [0.15, 0.2) is 48.5 Å². The number of carbonyl (C=O) groups excluding carboxylic acids is 1. The average molecular weight is 585 g/mol. The van der Waals surface area contributed by atoms with Crippen molar-refractivity contribution in [1.29, 1.82) is 0 Å². The molecule has 2 unspecified atom stereocenters. The molecule has 4 heterocycles. The van der Waals surface area contributed by atoms with E-state index >= 15 is 4.39 Å². The van der Waals surface area contributed by atoms with Gasteiger partial charge >= 0.3 is 6.01 Å². The minimum atomic E-state index is -0.481. The fraction of sp³-hybridized carbons (Fsp3) is 0.424. The quantitative estimate of drug-likeness (QED) is 0.335. The van der Waals surface area contributed by atoms with Crippen molar-refractivity contribution in [3.05, 3.63) is 54.3 Å². The number of nitrogens with one attached hydrogen (secondary N) is 1. The van der Waals surface area contributed by atoms with Crippen LogP contribution in [0.1, 0.15) is 25.7 Å². The van der Waals surface area contributed by atoms with Crippen LogP contribution in [0.4, 0.5) is 10.2 Å². The number of rotatable bonds is 7. The zero-order valence-electron chi connectivity index (χ0n) is 24.6. The highest BCUT2D eigenvalue weighted by Gasteiger charge is 2.43. The van der Waals surface area contributed by atoms with Crippen molar-refractivity contribution in [2.75, 3.05) is 51.8 Å². The Hall–Kier alpha value is -4.02. The molecule has 7 rings (SSSR count). The summed E-state index contributed by atoms with van der Waals surface area (Å²) in [5.41, 5.74) is 1.14. The predicted octanol–water partition coefficient (Wildman–Crippen LogP) is 4.17. The third kappa shape index (κ3) is 5.02. The molecule has 3 fully saturated rings. The number of likely N-dealkylation sites (N-methyl/N-ethyl adjacent to an activating group) is 2. The lowest BCUT2D eigenvalue weighted by molar-refractivity contribution is -0.133. The lowest BCUT2D eigenvalue weighted by Gasteiger charge is -2.42. The number of aromatic nitrogens is 2. The number of phenols is 1. The van der Waals surface area contributed by atoms with E-state index in [4.69, 9.17) is 9.72 Å². The monoisotopic (exact) mass is 584 g/mol. The molecule has 0 saturated carbocycles. The first-order valence-corrected chi connectivity index (χ1v) is 15.2. The zero-order valence-corrected chi connectivity index (χ0v) is 24.6. The molecule has 3 aromatic carbocycles. The maximum Gasteiger partial charge on any atom is 0.319 e. The second-order valence-corrected chi connectivity index (χ2v) is 12.1. The van der Waals surface area contributed by atoms with Gasteiger partial charge in [0, 0.05) is 42.2 Å². The van der Waals surface area contributed by atoms with Crippen molar-refractivity contribution in [3.8, 4) is 22.9 Å². The molecular weight excluding hydrogens is 547 g/mol. The van der Waals surface area contributed by atoms with Crippen LogP contribution in [-0.2, 0) is 4.79 Å². The summed E-state index contributed by atoms with van der Waals surface area (Å²) in [4.78, 5) is 28.8. The van der Waals surface area contributed by atoms with Gasteiger partial charge in [-0.25, -0.2) is 4.39 Å². The molecule has 4 aromatic rings. The van der Waals surface area contributed by atoms with Crippen LogP contribution in [0.5, 0.6) is 11.8 Å². The number of hydrogen-bond acceptors (Lipinski definition) is 8. The molecule has 43 heavy (non-hydrogen) atoms. The summed E-state index contributed by atoms with van der Waals surface area (Å²) in [6, 6.07) is 15.1. The number of anilines is 1. The van der Waals surface area contributed by atoms with Crippen molar-refractivity contribution in [2.24, 2.45) is 0 Å². The van der Waals surface area contributed by atoms with Crippen LogP contribution in [-0.4, -0.2) is 95.8 Å². The van der Waals surface area contributed by atoms with E-state index in [-0.39, 0.29) is 41.3 Å². The summed E-state index contributed by atoms with van der Waals surface area (Å²) in [5.74, 6) is 0.331. The highest BCUT2D eigenvalue weighted by atomic mass is 19.1. The van der Waals surface area contributed by atoms with E-state index in [1.54, 1.807) is 25.2 Å². The number of nitrogens with zero attached hydrogens (tertiary/aromatic N) is 5. The summed E-state index contributed by atoms with van der Waals surface area (Å²) in [6.07, 6.45) is 4.01. The molecule has 0 aliphatic carbocycles. The topological polar surface area (TPSA) is 94.1 Å². The van der Waals surface area contributed by atoms with Crippen LogP contribution >= 0.6 is 0 Å². The standard InChI is InChI=1S/C33H37FN6O3/c1-35-16-29(42)40-21-9-10-22(40)18-39(17-21)32-27-12-11-26(28-15-24(41)14-20-6-3-4-8-25(20)28)30(34)31(27)36-33(37-32)43-19-23-7-5-13-38(23)2/h3-4,6,8,11-12,14-15,21-23,35,41H,5,7,9-10,13,16-19H2,1-2H3/t21?,22?,23-/m0/s1. The molecule has 1 amide bonds. The largest absolute Gasteiger partial charge is 0.508 e. The molecule has 2 N–H and O–H groups in total. The van der Waals surface area contributed by atoms with Crippen LogP contribution in [0.3, 0.4) is 0 Å². The van der Waals surface area contributed by atoms with Gasteiger partial charge in [0.15, 0.2) is 5.82 Å². The SMILES string of the molecule is CNCC(=O)N1C2CCC1CN(c1nc(OC[C@@H]3CCCN3C)nc3c(F)c(-c4cc(O)cc5ccccc45)ccc13)C2. The number of halogens is 1. The normalized spacial score (nSPS) is 22.2. The summed E-state index contributed by atoms with van der Waals surface area (Å²) < 4.78 is 22.8. The molecule has 0 spiro atoms. The van der Waals surface area contributed by atoms with E-state index in [0.29, 0.717) is 48.6 Å². The Labute approximate surface area is 250 Å². The fourth-order valence-corrected chi connectivity index (χ4v) is 7.24. The Morgan fingerprint density at radius 1 is 1.05 bits per heavy atom. The first-order chi connectivity index (χ1) is 20.9. The number of aromatic hydroxyl groups is 1. The first-order valence-electron chi connectivity index (χ1n) is 15.2. The molecule has 3 aliphatic rings. The van der Waals surface area contributed by atoms with Gasteiger partial charge in [0.25, 0.3) is 0 Å². The molecule has 2 bridgehead atoms. The number of hydrogen-bond donors (Lipinski definition) is 2. The Bertz CT molecular complexity index is 1680. The third-order valence-electron chi connectivity index (χ3n) is 9.38. The van der Waals surface area contributed by atoms with E-state index in [0.717, 1.165) is 43.0 Å². The first kappa shape index (κ1) is 27.8. The Kier molecular flexibility index (Phi) is 7.26. The van der Waals surface area contributed by atoms with Crippen LogP contribution in [0.2, 0.25) is 0 Å². The lowest BCUT2D eigenvalue weighted by Crippen LogP contribution is -2.57. The predicted molar refractivity (Wildman–Crippen MR) is 165 cm³/mol. The summed E-state index contributed by atoms with van der Waals surface area (Å²) in [5, 5.41) is 15.7. The second kappa shape index (κ2) is 11.2. The number of benzene rings is 3. The van der Waals surface area contributed by atoms with Crippen molar-refractivity contribution < 1.29 is 19.0 Å². The van der Waals surface area contributed by atoms with Gasteiger partial charge in [-0.3, -0.25) is 4.79 Å². The summed E-state index contributed by atoms with van der Waals surface area (Å²) >= 11 is 0. The minimum absolute atomic E-state index is 0.0717. The fourth-order valence-electron chi connectivity index (χ4n) is 7.24. The van der Waals surface area contributed by atoms with Crippen LogP contribution < -0.4 is 15.0 Å². The molecule has 10 heteroatoms. The maximum absolute atomic E-state index is 16.6. The number of ether oxygens (including phenoxy) is 1. The van der Waals surface area contributed by atoms with E-state index in [2.05, 4.69) is 27.1 Å². The molecule has 3 saturated heterocycles. The highest BCUT2D eigenvalue weighted by molar-refractivity contribution is 6.01. The van der Waals surface area contributed by atoms with Gasteiger partial charge in [0.1, 0.15) is 23.7 Å². The van der Waals surface area contributed by atoms with E-state index in [1.165, 1.54) is 0 Å².